The number of halogens is 1. The van der Waals surface area contributed by atoms with Crippen LogP contribution in [0.4, 0.5) is 5.82 Å². The monoisotopic (exact) mass is 293 g/mol. The van der Waals surface area contributed by atoms with Crippen molar-refractivity contribution in [2.75, 3.05) is 11.9 Å². The number of benzene rings is 1. The number of nitrogens with one attached hydrogen (secondary N) is 2. The Morgan fingerprint density at radius 1 is 1.45 bits per heavy atom. The van der Waals surface area contributed by atoms with Crippen LogP contribution in [0.2, 0.25) is 5.02 Å². The summed E-state index contributed by atoms with van der Waals surface area (Å²) in [5, 5.41) is 10.1. The molecule has 2 rings (SSSR count). The first-order valence-corrected chi connectivity index (χ1v) is 6.77. The van der Waals surface area contributed by atoms with Crippen LogP contribution in [0.3, 0.4) is 0 Å². The molecule has 1 aromatic carbocycles. The minimum atomic E-state index is -0.138. The Morgan fingerprint density at radius 2 is 2.30 bits per heavy atom. The van der Waals surface area contributed by atoms with E-state index in [1.807, 2.05) is 13.0 Å². The van der Waals surface area contributed by atoms with E-state index < -0.39 is 0 Å². The largest absolute Gasteiger partial charge is 0.493 e. The van der Waals surface area contributed by atoms with Crippen LogP contribution in [0.1, 0.15) is 19.0 Å². The van der Waals surface area contributed by atoms with E-state index in [0.717, 1.165) is 12.1 Å². The Hall–Kier alpha value is -2.01. The van der Waals surface area contributed by atoms with Crippen molar-refractivity contribution in [3.8, 4) is 5.75 Å². The maximum atomic E-state index is 11.7. The van der Waals surface area contributed by atoms with Crippen LogP contribution in [-0.4, -0.2) is 22.7 Å². The Labute approximate surface area is 122 Å². The molecule has 1 aromatic heterocycles. The third-order valence-corrected chi connectivity index (χ3v) is 2.91. The predicted octanol–water partition coefficient (Wildman–Crippen LogP) is 3.03. The summed E-state index contributed by atoms with van der Waals surface area (Å²) in [4.78, 5) is 11.7. The van der Waals surface area contributed by atoms with E-state index in [0.29, 0.717) is 16.6 Å². The van der Waals surface area contributed by atoms with Crippen molar-refractivity contribution in [1.29, 1.82) is 0 Å². The third-order valence-electron chi connectivity index (χ3n) is 2.67. The number of ether oxygens (including phenoxy) is 1. The molecule has 1 heterocycles. The van der Waals surface area contributed by atoms with Crippen molar-refractivity contribution < 1.29 is 9.53 Å². The molecule has 0 saturated carbocycles. The lowest BCUT2D eigenvalue weighted by molar-refractivity contribution is -0.116. The van der Waals surface area contributed by atoms with Gasteiger partial charge in [-0.05, 0) is 24.6 Å². The predicted molar refractivity (Wildman–Crippen MR) is 78.2 cm³/mol. The first kappa shape index (κ1) is 14.4. The smallest absolute Gasteiger partial charge is 0.229 e. The summed E-state index contributed by atoms with van der Waals surface area (Å²) in [6.07, 6.45) is 1.10. The molecule has 0 saturated heterocycles. The van der Waals surface area contributed by atoms with Crippen LogP contribution in [0.5, 0.6) is 5.75 Å². The van der Waals surface area contributed by atoms with Crippen LogP contribution < -0.4 is 10.1 Å². The first-order chi connectivity index (χ1) is 9.67. The average Bonchev–Trinajstić information content (AvgIpc) is 2.86. The third kappa shape index (κ3) is 4.28. The number of rotatable bonds is 6. The quantitative estimate of drug-likeness (QED) is 0.860. The molecule has 20 heavy (non-hydrogen) atoms. The second kappa shape index (κ2) is 6.96. The van der Waals surface area contributed by atoms with E-state index in [1.165, 1.54) is 0 Å². The number of nitrogens with zero attached hydrogens (tertiary/aromatic N) is 1. The van der Waals surface area contributed by atoms with Gasteiger partial charge in [0.25, 0.3) is 0 Å². The molecule has 0 unspecified atom stereocenters. The van der Waals surface area contributed by atoms with Crippen molar-refractivity contribution in [3.63, 3.8) is 0 Å². The van der Waals surface area contributed by atoms with Crippen molar-refractivity contribution >= 4 is 23.3 Å². The van der Waals surface area contributed by atoms with Gasteiger partial charge in [-0.2, -0.15) is 5.10 Å². The van der Waals surface area contributed by atoms with Gasteiger partial charge in [0.05, 0.1) is 13.0 Å². The van der Waals surface area contributed by atoms with Gasteiger partial charge >= 0.3 is 0 Å². The van der Waals surface area contributed by atoms with Crippen molar-refractivity contribution in [2.45, 2.75) is 19.8 Å². The van der Waals surface area contributed by atoms with Crippen LogP contribution in [0.15, 0.2) is 30.3 Å². The number of aromatic amines is 1. The second-order valence-electron chi connectivity index (χ2n) is 4.24. The van der Waals surface area contributed by atoms with Gasteiger partial charge in [-0.25, -0.2) is 0 Å². The number of carbonyl (C=O) groups is 1. The van der Waals surface area contributed by atoms with Crippen LogP contribution in [0.25, 0.3) is 0 Å². The van der Waals surface area contributed by atoms with Crippen molar-refractivity contribution in [3.05, 3.63) is 41.0 Å². The van der Waals surface area contributed by atoms with Crippen LogP contribution in [0, 0.1) is 0 Å². The van der Waals surface area contributed by atoms with Gasteiger partial charge in [0.1, 0.15) is 5.75 Å². The molecule has 2 aromatic rings. The molecule has 106 valence electrons. The van der Waals surface area contributed by atoms with E-state index in [9.17, 15) is 4.79 Å². The highest BCUT2D eigenvalue weighted by atomic mass is 35.5. The molecule has 0 atom stereocenters. The van der Waals surface area contributed by atoms with Gasteiger partial charge in [0.15, 0.2) is 5.82 Å². The van der Waals surface area contributed by atoms with Gasteiger partial charge in [0, 0.05) is 16.8 Å². The molecule has 0 spiro atoms. The highest BCUT2D eigenvalue weighted by Gasteiger charge is 2.06. The van der Waals surface area contributed by atoms with E-state index in [1.54, 1.807) is 24.3 Å². The second-order valence-corrected chi connectivity index (χ2v) is 4.67. The SMILES string of the molecule is CCc1cc(NC(=O)CCOc2cccc(Cl)c2)n[nH]1. The molecule has 0 aliphatic carbocycles. The molecule has 1 amide bonds. The number of H-pyrrole nitrogens is 1. The number of anilines is 1. The Balaban J connectivity index is 1.75. The van der Waals surface area contributed by atoms with Gasteiger partial charge in [-0.15, -0.1) is 0 Å². The Kier molecular flexibility index (Phi) is 5.01. The fraction of sp³-hybridized carbons (Fsp3) is 0.286. The number of hydrogen-bond acceptors (Lipinski definition) is 3. The molecule has 0 radical (unpaired) electrons. The lowest BCUT2D eigenvalue weighted by atomic mass is 10.3. The molecule has 0 aliphatic heterocycles. The maximum Gasteiger partial charge on any atom is 0.229 e. The van der Waals surface area contributed by atoms with Crippen molar-refractivity contribution in [2.24, 2.45) is 0 Å². The molecule has 0 fully saturated rings. The summed E-state index contributed by atoms with van der Waals surface area (Å²) in [5.74, 6) is 1.05. The molecule has 5 nitrogen and oxygen atoms in total. The Morgan fingerprint density at radius 3 is 3.00 bits per heavy atom. The zero-order chi connectivity index (χ0) is 14.4. The van der Waals surface area contributed by atoms with Gasteiger partial charge in [0.2, 0.25) is 5.91 Å². The van der Waals surface area contributed by atoms with E-state index in [-0.39, 0.29) is 18.9 Å². The fourth-order valence-corrected chi connectivity index (χ4v) is 1.81. The van der Waals surface area contributed by atoms with E-state index in [4.69, 9.17) is 16.3 Å². The van der Waals surface area contributed by atoms with E-state index >= 15 is 0 Å². The normalized spacial score (nSPS) is 10.3. The van der Waals surface area contributed by atoms with Crippen LogP contribution in [-0.2, 0) is 11.2 Å². The summed E-state index contributed by atoms with van der Waals surface area (Å²) in [6.45, 7) is 2.30. The van der Waals surface area contributed by atoms with E-state index in [2.05, 4.69) is 15.5 Å². The molecular weight excluding hydrogens is 278 g/mol. The number of aromatic nitrogens is 2. The number of aryl methyl sites for hydroxylation is 1. The lowest BCUT2D eigenvalue weighted by Crippen LogP contribution is -2.15. The summed E-state index contributed by atoms with van der Waals surface area (Å²) in [5.41, 5.74) is 0.982. The maximum absolute atomic E-state index is 11.7. The highest BCUT2D eigenvalue weighted by molar-refractivity contribution is 6.30. The standard InChI is InChI=1S/C14H16ClN3O2/c1-2-11-9-13(18-17-11)16-14(19)6-7-20-12-5-3-4-10(15)8-12/h3-5,8-9H,2,6-7H2,1H3,(H2,16,17,18,19). The van der Waals surface area contributed by atoms with Crippen LogP contribution >= 0.6 is 11.6 Å². The molecule has 2 N–H and O–H groups in total. The first-order valence-electron chi connectivity index (χ1n) is 6.40. The molecule has 0 aliphatic rings. The van der Waals surface area contributed by atoms with Gasteiger partial charge in [-0.3, -0.25) is 9.89 Å². The summed E-state index contributed by atoms with van der Waals surface area (Å²) in [7, 11) is 0. The number of hydrogen-bond donors (Lipinski definition) is 2. The number of carbonyl (C=O) groups excluding carboxylic acids is 1. The topological polar surface area (TPSA) is 67.0 Å². The zero-order valence-electron chi connectivity index (χ0n) is 11.1. The molecular formula is C14H16ClN3O2. The Bertz CT molecular complexity index is 583. The number of amides is 1. The minimum Gasteiger partial charge on any atom is -0.493 e. The lowest BCUT2D eigenvalue weighted by Gasteiger charge is -2.06. The molecule has 0 bridgehead atoms. The van der Waals surface area contributed by atoms with Crippen molar-refractivity contribution in [1.82, 2.24) is 10.2 Å². The fourth-order valence-electron chi connectivity index (χ4n) is 1.63. The summed E-state index contributed by atoms with van der Waals surface area (Å²) in [6, 6.07) is 8.89. The van der Waals surface area contributed by atoms with Gasteiger partial charge < -0.3 is 10.1 Å². The van der Waals surface area contributed by atoms with Gasteiger partial charge in [-0.1, -0.05) is 24.6 Å². The zero-order valence-corrected chi connectivity index (χ0v) is 11.9. The summed E-state index contributed by atoms with van der Waals surface area (Å²) < 4.78 is 5.45. The highest BCUT2D eigenvalue weighted by Crippen LogP contribution is 2.17. The minimum absolute atomic E-state index is 0.138. The summed E-state index contributed by atoms with van der Waals surface area (Å²) >= 11 is 5.84. The average molecular weight is 294 g/mol. The molecule has 6 heteroatoms.